The van der Waals surface area contributed by atoms with Gasteiger partial charge in [0.1, 0.15) is 0 Å². The Morgan fingerprint density at radius 2 is 2.36 bits per heavy atom. The molecule has 1 N–H and O–H groups in total. The first-order valence-electron chi connectivity index (χ1n) is 5.01. The molecule has 1 atom stereocenters. The number of hydrogen-bond acceptors (Lipinski definition) is 3. The van der Waals surface area contributed by atoms with Crippen molar-refractivity contribution in [2.75, 3.05) is 20.2 Å². The maximum Gasteiger partial charge on any atom is 0.0945 e. The number of aryl methyl sites for hydroxylation is 1. The van der Waals surface area contributed by atoms with Gasteiger partial charge in [-0.25, -0.2) is 4.98 Å². The highest BCUT2D eigenvalue weighted by atomic mass is 16.3. The molecule has 0 aliphatic carbocycles. The monoisotopic (exact) mass is 197 g/mol. The molecule has 4 nitrogen and oxygen atoms in total. The lowest BCUT2D eigenvalue weighted by atomic mass is 10.3. The van der Waals surface area contributed by atoms with E-state index in [1.807, 2.05) is 26.5 Å². The van der Waals surface area contributed by atoms with E-state index in [1.165, 1.54) is 0 Å². The molecule has 0 fully saturated rings. The molecule has 1 unspecified atom stereocenters. The molecule has 0 aromatic carbocycles. The lowest BCUT2D eigenvalue weighted by Gasteiger charge is -2.22. The lowest BCUT2D eigenvalue weighted by Crippen LogP contribution is -2.33. The summed E-state index contributed by atoms with van der Waals surface area (Å²) in [5, 5.41) is 8.93. The number of aliphatic hydroxyl groups excluding tert-OH is 1. The van der Waals surface area contributed by atoms with Crippen LogP contribution in [0.3, 0.4) is 0 Å². The number of imidazole rings is 1. The molecule has 1 heterocycles. The number of aliphatic hydroxyl groups is 1. The largest absolute Gasteiger partial charge is 0.395 e. The van der Waals surface area contributed by atoms with Crippen LogP contribution in [0, 0.1) is 0 Å². The van der Waals surface area contributed by atoms with Gasteiger partial charge in [0, 0.05) is 25.0 Å². The summed E-state index contributed by atoms with van der Waals surface area (Å²) in [6, 6.07) is 0.248. The maximum absolute atomic E-state index is 8.93. The van der Waals surface area contributed by atoms with E-state index < -0.39 is 0 Å². The van der Waals surface area contributed by atoms with Gasteiger partial charge in [-0.2, -0.15) is 0 Å². The van der Waals surface area contributed by atoms with Gasteiger partial charge in [0.15, 0.2) is 0 Å². The maximum atomic E-state index is 8.93. The van der Waals surface area contributed by atoms with Crippen LogP contribution in [0.25, 0.3) is 0 Å². The van der Waals surface area contributed by atoms with E-state index in [0.717, 1.165) is 19.5 Å². The second-order valence-corrected chi connectivity index (χ2v) is 3.67. The fraction of sp³-hybridized carbons (Fsp3) is 0.700. The minimum Gasteiger partial charge on any atom is -0.395 e. The summed E-state index contributed by atoms with van der Waals surface area (Å²) in [5.74, 6) is 0. The zero-order valence-corrected chi connectivity index (χ0v) is 8.93. The van der Waals surface area contributed by atoms with Gasteiger partial charge in [-0.3, -0.25) is 0 Å². The lowest BCUT2D eigenvalue weighted by molar-refractivity contribution is 0.156. The second kappa shape index (κ2) is 5.78. The van der Waals surface area contributed by atoms with Gasteiger partial charge < -0.3 is 14.6 Å². The third-order valence-corrected chi connectivity index (χ3v) is 2.50. The van der Waals surface area contributed by atoms with Crippen LogP contribution in [0.4, 0.5) is 0 Å². The highest BCUT2D eigenvalue weighted by Crippen LogP contribution is 1.97. The molecule has 0 saturated heterocycles. The summed E-state index contributed by atoms with van der Waals surface area (Å²) < 4.78 is 2.07. The quantitative estimate of drug-likeness (QED) is 0.725. The third-order valence-electron chi connectivity index (χ3n) is 2.50. The average Bonchev–Trinajstić information content (AvgIpc) is 2.69. The minimum atomic E-state index is 0.224. The molecule has 0 spiro atoms. The van der Waals surface area contributed by atoms with Crippen molar-refractivity contribution in [3.63, 3.8) is 0 Å². The molecular formula is C10H19N3O. The molecule has 0 saturated carbocycles. The Bertz CT molecular complexity index is 236. The average molecular weight is 197 g/mol. The summed E-state index contributed by atoms with van der Waals surface area (Å²) in [4.78, 5) is 6.14. The van der Waals surface area contributed by atoms with Crippen molar-refractivity contribution < 1.29 is 5.11 Å². The van der Waals surface area contributed by atoms with Crippen molar-refractivity contribution in [2.45, 2.75) is 25.9 Å². The van der Waals surface area contributed by atoms with Crippen LogP contribution in [0.5, 0.6) is 0 Å². The Labute approximate surface area is 85.2 Å². The Kier molecular flexibility index (Phi) is 4.62. The molecular weight excluding hydrogens is 178 g/mol. The number of nitrogens with zero attached hydrogens (tertiary/aromatic N) is 3. The van der Waals surface area contributed by atoms with E-state index in [-0.39, 0.29) is 12.6 Å². The highest BCUT2D eigenvalue weighted by Gasteiger charge is 2.06. The van der Waals surface area contributed by atoms with Gasteiger partial charge in [-0.15, -0.1) is 0 Å². The number of hydrogen-bond donors (Lipinski definition) is 1. The van der Waals surface area contributed by atoms with Gasteiger partial charge in [0.05, 0.1) is 12.9 Å². The van der Waals surface area contributed by atoms with Crippen molar-refractivity contribution in [1.82, 2.24) is 14.5 Å². The van der Waals surface area contributed by atoms with E-state index in [1.54, 1.807) is 6.20 Å². The van der Waals surface area contributed by atoms with Crippen LogP contribution < -0.4 is 0 Å². The second-order valence-electron chi connectivity index (χ2n) is 3.67. The fourth-order valence-electron chi connectivity index (χ4n) is 1.28. The minimum absolute atomic E-state index is 0.224. The number of aromatic nitrogens is 2. The molecule has 1 rings (SSSR count). The SMILES string of the molecule is CC(CO)N(C)CCCn1ccnc1. The van der Waals surface area contributed by atoms with Crippen molar-refractivity contribution in [3.8, 4) is 0 Å². The first kappa shape index (κ1) is 11.2. The van der Waals surface area contributed by atoms with Crippen LogP contribution in [0.15, 0.2) is 18.7 Å². The summed E-state index contributed by atoms with van der Waals surface area (Å²) in [6.07, 6.45) is 6.67. The fourth-order valence-corrected chi connectivity index (χ4v) is 1.28. The molecule has 1 aromatic rings. The van der Waals surface area contributed by atoms with Crippen molar-refractivity contribution in [3.05, 3.63) is 18.7 Å². The first-order chi connectivity index (χ1) is 6.74. The molecule has 0 amide bonds. The van der Waals surface area contributed by atoms with Gasteiger partial charge >= 0.3 is 0 Å². The molecule has 0 aliphatic heterocycles. The van der Waals surface area contributed by atoms with E-state index in [4.69, 9.17) is 5.11 Å². The highest BCUT2D eigenvalue weighted by molar-refractivity contribution is 4.74. The Morgan fingerprint density at radius 1 is 1.57 bits per heavy atom. The topological polar surface area (TPSA) is 41.3 Å². The van der Waals surface area contributed by atoms with E-state index in [0.29, 0.717) is 0 Å². The zero-order valence-electron chi connectivity index (χ0n) is 8.93. The van der Waals surface area contributed by atoms with Crippen LogP contribution in [-0.4, -0.2) is 45.8 Å². The molecule has 80 valence electrons. The van der Waals surface area contributed by atoms with Gasteiger partial charge in [-0.05, 0) is 26.9 Å². The molecule has 0 aliphatic rings. The van der Waals surface area contributed by atoms with Crippen LogP contribution >= 0.6 is 0 Å². The predicted molar refractivity (Wildman–Crippen MR) is 56.0 cm³/mol. The van der Waals surface area contributed by atoms with Gasteiger partial charge in [0.25, 0.3) is 0 Å². The Hall–Kier alpha value is -0.870. The molecule has 0 radical (unpaired) electrons. The zero-order chi connectivity index (χ0) is 10.4. The third kappa shape index (κ3) is 3.47. The van der Waals surface area contributed by atoms with Crippen molar-refractivity contribution in [1.29, 1.82) is 0 Å². The summed E-state index contributed by atoms with van der Waals surface area (Å²) in [6.45, 7) is 4.24. The van der Waals surface area contributed by atoms with Gasteiger partial charge in [-0.1, -0.05) is 0 Å². The molecule has 0 bridgehead atoms. The normalized spacial score (nSPS) is 13.4. The Morgan fingerprint density at radius 3 is 2.93 bits per heavy atom. The molecule has 14 heavy (non-hydrogen) atoms. The van der Waals surface area contributed by atoms with Crippen molar-refractivity contribution >= 4 is 0 Å². The smallest absolute Gasteiger partial charge is 0.0945 e. The summed E-state index contributed by atoms with van der Waals surface area (Å²) in [5.41, 5.74) is 0. The van der Waals surface area contributed by atoms with E-state index >= 15 is 0 Å². The van der Waals surface area contributed by atoms with Crippen LogP contribution in [0.2, 0.25) is 0 Å². The molecule has 4 heteroatoms. The van der Waals surface area contributed by atoms with Crippen LogP contribution in [-0.2, 0) is 6.54 Å². The van der Waals surface area contributed by atoms with E-state index in [9.17, 15) is 0 Å². The summed E-state index contributed by atoms with van der Waals surface area (Å²) >= 11 is 0. The van der Waals surface area contributed by atoms with Crippen LogP contribution in [0.1, 0.15) is 13.3 Å². The number of likely N-dealkylation sites (N-methyl/N-ethyl adjacent to an activating group) is 1. The summed E-state index contributed by atoms with van der Waals surface area (Å²) in [7, 11) is 2.04. The van der Waals surface area contributed by atoms with Crippen molar-refractivity contribution in [2.24, 2.45) is 0 Å². The first-order valence-corrected chi connectivity index (χ1v) is 5.01. The van der Waals surface area contributed by atoms with E-state index in [2.05, 4.69) is 14.5 Å². The van der Waals surface area contributed by atoms with Gasteiger partial charge in [0.2, 0.25) is 0 Å². The predicted octanol–water partition coefficient (Wildman–Crippen LogP) is 0.586. The Balaban J connectivity index is 2.15. The standard InChI is InChI=1S/C10H19N3O/c1-10(8-14)12(2)5-3-6-13-7-4-11-9-13/h4,7,9-10,14H,3,5-6,8H2,1-2H3. The molecule has 1 aromatic heterocycles. The number of rotatable bonds is 6.